The van der Waals surface area contributed by atoms with Crippen molar-refractivity contribution in [2.75, 3.05) is 33.7 Å². The van der Waals surface area contributed by atoms with Crippen molar-refractivity contribution in [2.45, 2.75) is 32.2 Å². The summed E-state index contributed by atoms with van der Waals surface area (Å²) in [6.45, 7) is 3.84. The van der Waals surface area contributed by atoms with E-state index in [0.717, 1.165) is 19.3 Å². The van der Waals surface area contributed by atoms with Crippen molar-refractivity contribution >= 4 is 10.2 Å². The van der Waals surface area contributed by atoms with E-state index in [2.05, 4.69) is 5.32 Å². The minimum Gasteiger partial charge on any atom is -0.318 e. The summed E-state index contributed by atoms with van der Waals surface area (Å²) in [7, 11) is 0.213. The average Bonchev–Trinajstić information content (AvgIpc) is 2.26. The Morgan fingerprint density at radius 2 is 2.12 bits per heavy atom. The molecule has 1 aliphatic rings. The van der Waals surface area contributed by atoms with Crippen molar-refractivity contribution < 1.29 is 8.42 Å². The van der Waals surface area contributed by atoms with Gasteiger partial charge in [-0.2, -0.15) is 17.0 Å². The lowest BCUT2D eigenvalue weighted by atomic mass is 10.1. The van der Waals surface area contributed by atoms with E-state index in [0.29, 0.717) is 19.6 Å². The molecule has 0 aliphatic carbocycles. The van der Waals surface area contributed by atoms with E-state index < -0.39 is 10.2 Å². The van der Waals surface area contributed by atoms with Gasteiger partial charge in [0.25, 0.3) is 10.2 Å². The zero-order valence-corrected chi connectivity index (χ0v) is 11.3. The lowest BCUT2D eigenvalue weighted by Crippen LogP contribution is -2.49. The quantitative estimate of drug-likeness (QED) is 0.760. The Morgan fingerprint density at radius 1 is 1.44 bits per heavy atom. The van der Waals surface area contributed by atoms with Crippen LogP contribution in [0.3, 0.4) is 0 Å². The van der Waals surface area contributed by atoms with Gasteiger partial charge in [-0.05, 0) is 26.8 Å². The Hall–Kier alpha value is -0.170. The molecule has 1 N–H and O–H groups in total. The molecule has 0 saturated carbocycles. The third-order valence-electron chi connectivity index (χ3n) is 3.11. The lowest BCUT2D eigenvalue weighted by molar-refractivity contribution is 0.250. The van der Waals surface area contributed by atoms with Crippen LogP contribution in [0.25, 0.3) is 0 Å². The van der Waals surface area contributed by atoms with Gasteiger partial charge in [0.2, 0.25) is 0 Å². The fourth-order valence-electron chi connectivity index (χ4n) is 1.98. The van der Waals surface area contributed by atoms with E-state index in [4.69, 9.17) is 0 Å². The predicted molar refractivity (Wildman–Crippen MR) is 65.5 cm³/mol. The molecule has 0 aromatic heterocycles. The molecule has 1 atom stereocenters. The molecular weight excluding hydrogens is 226 g/mol. The molecular formula is C10H23N3O2S. The number of nitrogens with zero attached hydrogens (tertiary/aromatic N) is 2. The Labute approximate surface area is 99.0 Å². The van der Waals surface area contributed by atoms with Crippen molar-refractivity contribution in [2.24, 2.45) is 0 Å². The highest BCUT2D eigenvalue weighted by Gasteiger charge is 2.32. The van der Waals surface area contributed by atoms with Crippen molar-refractivity contribution in [1.29, 1.82) is 0 Å². The maximum atomic E-state index is 12.2. The normalized spacial score (nSPS) is 23.9. The first-order chi connectivity index (χ1) is 7.50. The first-order valence-corrected chi connectivity index (χ1v) is 7.27. The number of hydrogen-bond acceptors (Lipinski definition) is 3. The molecule has 96 valence electrons. The van der Waals surface area contributed by atoms with Crippen LogP contribution in [0.5, 0.6) is 0 Å². The van der Waals surface area contributed by atoms with Crippen LogP contribution in [0.4, 0.5) is 0 Å². The summed E-state index contributed by atoms with van der Waals surface area (Å²) >= 11 is 0. The lowest BCUT2D eigenvalue weighted by Gasteiger charge is -2.35. The first-order valence-electron chi connectivity index (χ1n) is 5.88. The van der Waals surface area contributed by atoms with Gasteiger partial charge in [0.1, 0.15) is 0 Å². The molecule has 1 unspecified atom stereocenters. The Bertz CT molecular complexity index is 305. The maximum Gasteiger partial charge on any atom is 0.282 e. The maximum absolute atomic E-state index is 12.2. The highest BCUT2D eigenvalue weighted by molar-refractivity contribution is 7.86. The van der Waals surface area contributed by atoms with Crippen molar-refractivity contribution in [3.05, 3.63) is 0 Å². The predicted octanol–water partition coefficient (Wildman–Crippen LogP) is 0.257. The average molecular weight is 249 g/mol. The van der Waals surface area contributed by atoms with Gasteiger partial charge in [-0.1, -0.05) is 6.42 Å². The van der Waals surface area contributed by atoms with Crippen LogP contribution in [-0.2, 0) is 10.2 Å². The summed E-state index contributed by atoms with van der Waals surface area (Å²) in [6, 6.07) is 0.135. The Morgan fingerprint density at radius 3 is 2.69 bits per heavy atom. The molecule has 16 heavy (non-hydrogen) atoms. The summed E-state index contributed by atoms with van der Waals surface area (Å²) in [5, 5.41) is 2.96. The van der Waals surface area contributed by atoms with Crippen LogP contribution >= 0.6 is 0 Å². The van der Waals surface area contributed by atoms with Gasteiger partial charge >= 0.3 is 0 Å². The number of piperidine rings is 1. The molecule has 1 aliphatic heterocycles. The SMILES string of the molecule is CNCCN(C)S(=O)(=O)N1CCCCC1C. The van der Waals surface area contributed by atoms with Gasteiger partial charge < -0.3 is 5.32 Å². The van der Waals surface area contributed by atoms with Gasteiger partial charge in [-0.15, -0.1) is 0 Å². The second kappa shape index (κ2) is 5.95. The fraction of sp³-hybridized carbons (Fsp3) is 1.00. The van der Waals surface area contributed by atoms with Crippen molar-refractivity contribution in [1.82, 2.24) is 13.9 Å². The highest BCUT2D eigenvalue weighted by atomic mass is 32.2. The first kappa shape index (κ1) is 13.9. The van der Waals surface area contributed by atoms with E-state index in [1.54, 1.807) is 11.4 Å². The zero-order chi connectivity index (χ0) is 12.2. The van der Waals surface area contributed by atoms with Crippen molar-refractivity contribution in [3.63, 3.8) is 0 Å². The molecule has 6 heteroatoms. The largest absolute Gasteiger partial charge is 0.318 e. The van der Waals surface area contributed by atoms with Gasteiger partial charge in [0.05, 0.1) is 0 Å². The van der Waals surface area contributed by atoms with Crippen LogP contribution in [0.15, 0.2) is 0 Å². The van der Waals surface area contributed by atoms with E-state index in [1.165, 1.54) is 4.31 Å². The van der Waals surface area contributed by atoms with E-state index in [9.17, 15) is 8.42 Å². The molecule has 0 aromatic carbocycles. The summed E-state index contributed by atoms with van der Waals surface area (Å²) < 4.78 is 27.5. The van der Waals surface area contributed by atoms with Gasteiger partial charge in [0.15, 0.2) is 0 Å². The molecule has 1 fully saturated rings. The van der Waals surface area contributed by atoms with Gasteiger partial charge in [-0.3, -0.25) is 0 Å². The number of likely N-dealkylation sites (N-methyl/N-ethyl adjacent to an activating group) is 2. The summed E-state index contributed by atoms with van der Waals surface area (Å²) in [6.07, 6.45) is 3.08. The summed E-state index contributed by atoms with van der Waals surface area (Å²) in [4.78, 5) is 0. The molecule has 0 aromatic rings. The van der Waals surface area contributed by atoms with Gasteiger partial charge in [-0.25, -0.2) is 0 Å². The third-order valence-corrected chi connectivity index (χ3v) is 5.21. The zero-order valence-electron chi connectivity index (χ0n) is 10.4. The fourth-order valence-corrected chi connectivity index (χ4v) is 3.58. The second-order valence-corrected chi connectivity index (χ2v) is 6.38. The standard InChI is InChI=1S/C10H23N3O2S/c1-10-6-4-5-8-13(10)16(14,15)12(3)9-7-11-2/h10-11H,4-9H2,1-3H3. The number of rotatable bonds is 5. The van der Waals surface area contributed by atoms with Crippen LogP contribution in [-0.4, -0.2) is 56.8 Å². The van der Waals surface area contributed by atoms with Crippen LogP contribution in [0.1, 0.15) is 26.2 Å². The highest BCUT2D eigenvalue weighted by Crippen LogP contribution is 2.21. The topological polar surface area (TPSA) is 52.7 Å². The monoisotopic (exact) mass is 249 g/mol. The molecule has 0 amide bonds. The van der Waals surface area contributed by atoms with Gasteiger partial charge in [0, 0.05) is 32.7 Å². The molecule has 1 rings (SSSR count). The van der Waals surface area contributed by atoms with E-state index in [-0.39, 0.29) is 6.04 Å². The second-order valence-electron chi connectivity index (χ2n) is 4.39. The minimum atomic E-state index is -3.26. The van der Waals surface area contributed by atoms with Crippen LogP contribution in [0.2, 0.25) is 0 Å². The van der Waals surface area contributed by atoms with E-state index >= 15 is 0 Å². The smallest absolute Gasteiger partial charge is 0.282 e. The minimum absolute atomic E-state index is 0.135. The Balaban J connectivity index is 2.67. The molecule has 0 bridgehead atoms. The molecule has 0 radical (unpaired) electrons. The Kier molecular flexibility index (Phi) is 5.17. The summed E-state index contributed by atoms with van der Waals surface area (Å²) in [5.74, 6) is 0. The molecule has 0 spiro atoms. The third kappa shape index (κ3) is 3.16. The van der Waals surface area contributed by atoms with E-state index in [1.807, 2.05) is 14.0 Å². The molecule has 5 nitrogen and oxygen atoms in total. The van der Waals surface area contributed by atoms with Crippen molar-refractivity contribution in [3.8, 4) is 0 Å². The molecule has 1 heterocycles. The molecule has 1 saturated heterocycles. The van der Waals surface area contributed by atoms with Crippen LogP contribution in [0, 0.1) is 0 Å². The number of nitrogens with one attached hydrogen (secondary N) is 1. The van der Waals surface area contributed by atoms with Crippen LogP contribution < -0.4 is 5.32 Å². The number of hydrogen-bond donors (Lipinski definition) is 1. The summed E-state index contributed by atoms with van der Waals surface area (Å²) in [5.41, 5.74) is 0.